The number of fused-ring (bicyclic) bond motifs is 1. The van der Waals surface area contributed by atoms with Gasteiger partial charge in [0.15, 0.2) is 11.5 Å². The summed E-state index contributed by atoms with van der Waals surface area (Å²) in [5.74, 6) is 1.80. The number of carbonyl (C=O) groups excluding carboxylic acids is 1. The lowest BCUT2D eigenvalue weighted by Gasteiger charge is -2.06. The molecule has 0 saturated carbocycles. The Balaban J connectivity index is 1.73. The third kappa shape index (κ3) is 1.71. The fourth-order valence-electron chi connectivity index (χ4n) is 2.10. The predicted molar refractivity (Wildman–Crippen MR) is 55.3 cm³/mol. The van der Waals surface area contributed by atoms with Gasteiger partial charge in [-0.05, 0) is 24.1 Å². The van der Waals surface area contributed by atoms with Gasteiger partial charge in [0.25, 0.3) is 0 Å². The second kappa shape index (κ2) is 3.70. The SMILES string of the molecule is O=C1CC(Cc2ccc3c(c2)OCO3)CO1. The van der Waals surface area contributed by atoms with Crippen molar-refractivity contribution >= 4 is 5.97 Å². The van der Waals surface area contributed by atoms with Crippen molar-refractivity contribution in [3.63, 3.8) is 0 Å². The van der Waals surface area contributed by atoms with Gasteiger partial charge in [-0.15, -0.1) is 0 Å². The van der Waals surface area contributed by atoms with Crippen LogP contribution in [0.1, 0.15) is 12.0 Å². The number of ether oxygens (including phenoxy) is 3. The first-order chi connectivity index (χ1) is 7.81. The molecule has 4 heteroatoms. The number of hydrogen-bond donors (Lipinski definition) is 0. The van der Waals surface area contributed by atoms with Crippen LogP contribution in [0.5, 0.6) is 11.5 Å². The molecule has 1 aromatic rings. The molecule has 0 radical (unpaired) electrons. The van der Waals surface area contributed by atoms with Gasteiger partial charge in [-0.3, -0.25) is 4.79 Å². The highest BCUT2D eigenvalue weighted by Gasteiger charge is 2.24. The minimum Gasteiger partial charge on any atom is -0.465 e. The number of esters is 1. The summed E-state index contributed by atoms with van der Waals surface area (Å²) in [7, 11) is 0. The van der Waals surface area contributed by atoms with Gasteiger partial charge < -0.3 is 14.2 Å². The molecule has 0 bridgehead atoms. The zero-order chi connectivity index (χ0) is 11.0. The van der Waals surface area contributed by atoms with E-state index in [1.807, 2.05) is 18.2 Å². The summed E-state index contributed by atoms with van der Waals surface area (Å²) >= 11 is 0. The highest BCUT2D eigenvalue weighted by atomic mass is 16.7. The van der Waals surface area contributed by atoms with E-state index in [2.05, 4.69) is 0 Å². The topological polar surface area (TPSA) is 44.8 Å². The first kappa shape index (κ1) is 9.51. The lowest BCUT2D eigenvalue weighted by molar-refractivity contribution is -0.137. The van der Waals surface area contributed by atoms with Crippen LogP contribution < -0.4 is 9.47 Å². The van der Waals surface area contributed by atoms with Crippen LogP contribution in [0.3, 0.4) is 0 Å². The number of cyclic esters (lactones) is 1. The van der Waals surface area contributed by atoms with E-state index in [1.165, 1.54) is 0 Å². The minimum absolute atomic E-state index is 0.0919. The van der Waals surface area contributed by atoms with Crippen LogP contribution in [0.25, 0.3) is 0 Å². The van der Waals surface area contributed by atoms with E-state index in [0.29, 0.717) is 25.7 Å². The third-order valence-electron chi connectivity index (χ3n) is 2.90. The number of hydrogen-bond acceptors (Lipinski definition) is 4. The van der Waals surface area contributed by atoms with E-state index in [-0.39, 0.29) is 5.97 Å². The Labute approximate surface area is 93.1 Å². The predicted octanol–water partition coefficient (Wildman–Crippen LogP) is 1.52. The summed E-state index contributed by atoms with van der Waals surface area (Å²) in [6.45, 7) is 0.830. The molecule has 84 valence electrons. The first-order valence-corrected chi connectivity index (χ1v) is 5.35. The maximum absolute atomic E-state index is 11.0. The Hall–Kier alpha value is -1.71. The Morgan fingerprint density at radius 3 is 2.88 bits per heavy atom. The van der Waals surface area contributed by atoms with E-state index in [0.717, 1.165) is 23.5 Å². The molecule has 1 saturated heterocycles. The van der Waals surface area contributed by atoms with Crippen LogP contribution in [0.4, 0.5) is 0 Å². The first-order valence-electron chi connectivity index (χ1n) is 5.35. The van der Waals surface area contributed by atoms with Gasteiger partial charge in [0, 0.05) is 5.92 Å². The molecule has 1 fully saturated rings. The monoisotopic (exact) mass is 220 g/mol. The Morgan fingerprint density at radius 2 is 2.06 bits per heavy atom. The minimum atomic E-state index is -0.0919. The number of benzene rings is 1. The van der Waals surface area contributed by atoms with Crippen molar-refractivity contribution in [3.8, 4) is 11.5 Å². The average Bonchev–Trinajstić information content (AvgIpc) is 2.87. The van der Waals surface area contributed by atoms with Crippen LogP contribution in [0.15, 0.2) is 18.2 Å². The maximum atomic E-state index is 11.0. The summed E-state index contributed by atoms with van der Waals surface area (Å²) in [4.78, 5) is 11.0. The molecule has 1 atom stereocenters. The van der Waals surface area contributed by atoms with Crippen molar-refractivity contribution in [1.82, 2.24) is 0 Å². The van der Waals surface area contributed by atoms with Crippen LogP contribution in [0.2, 0.25) is 0 Å². The van der Waals surface area contributed by atoms with Gasteiger partial charge in [0.2, 0.25) is 6.79 Å². The van der Waals surface area contributed by atoms with E-state index in [1.54, 1.807) is 0 Å². The van der Waals surface area contributed by atoms with Crippen molar-refractivity contribution in [1.29, 1.82) is 0 Å². The highest BCUT2D eigenvalue weighted by molar-refractivity contribution is 5.71. The Bertz CT molecular complexity index is 427. The van der Waals surface area contributed by atoms with Gasteiger partial charge in [0.1, 0.15) is 0 Å². The van der Waals surface area contributed by atoms with Crippen LogP contribution in [-0.4, -0.2) is 19.4 Å². The van der Waals surface area contributed by atoms with Gasteiger partial charge >= 0.3 is 5.97 Å². The number of rotatable bonds is 2. The van der Waals surface area contributed by atoms with Crippen LogP contribution in [0, 0.1) is 5.92 Å². The van der Waals surface area contributed by atoms with Crippen molar-refractivity contribution in [2.45, 2.75) is 12.8 Å². The molecule has 0 aliphatic carbocycles. The normalized spacial score (nSPS) is 22.2. The molecular weight excluding hydrogens is 208 g/mol. The largest absolute Gasteiger partial charge is 0.465 e. The van der Waals surface area contributed by atoms with Gasteiger partial charge in [-0.2, -0.15) is 0 Å². The zero-order valence-corrected chi connectivity index (χ0v) is 8.77. The van der Waals surface area contributed by atoms with Crippen molar-refractivity contribution in [3.05, 3.63) is 23.8 Å². The molecule has 0 amide bonds. The van der Waals surface area contributed by atoms with E-state index in [9.17, 15) is 4.79 Å². The summed E-state index contributed by atoms with van der Waals surface area (Å²) < 4.78 is 15.5. The van der Waals surface area contributed by atoms with Crippen molar-refractivity contribution in [2.75, 3.05) is 13.4 Å². The number of carbonyl (C=O) groups is 1. The van der Waals surface area contributed by atoms with Gasteiger partial charge in [-0.25, -0.2) is 0 Å². The van der Waals surface area contributed by atoms with E-state index < -0.39 is 0 Å². The summed E-state index contributed by atoms with van der Waals surface area (Å²) in [6.07, 6.45) is 1.37. The molecule has 0 aromatic heterocycles. The summed E-state index contributed by atoms with van der Waals surface area (Å²) in [5.41, 5.74) is 1.16. The fourth-order valence-corrected chi connectivity index (χ4v) is 2.10. The second-order valence-corrected chi connectivity index (χ2v) is 4.14. The molecule has 4 nitrogen and oxygen atoms in total. The molecule has 2 aliphatic heterocycles. The highest BCUT2D eigenvalue weighted by Crippen LogP contribution is 2.33. The average molecular weight is 220 g/mol. The van der Waals surface area contributed by atoms with Crippen LogP contribution >= 0.6 is 0 Å². The lowest BCUT2D eigenvalue weighted by atomic mass is 9.98. The molecule has 1 unspecified atom stereocenters. The van der Waals surface area contributed by atoms with E-state index >= 15 is 0 Å². The molecule has 0 spiro atoms. The third-order valence-corrected chi connectivity index (χ3v) is 2.90. The lowest BCUT2D eigenvalue weighted by Crippen LogP contribution is -2.03. The fraction of sp³-hybridized carbons (Fsp3) is 0.417. The molecular formula is C12H12O4. The Kier molecular flexibility index (Phi) is 2.20. The maximum Gasteiger partial charge on any atom is 0.306 e. The molecule has 1 aromatic carbocycles. The molecule has 0 N–H and O–H groups in total. The van der Waals surface area contributed by atoms with Gasteiger partial charge in [0.05, 0.1) is 13.0 Å². The Morgan fingerprint density at radius 1 is 1.19 bits per heavy atom. The molecule has 3 rings (SSSR count). The van der Waals surface area contributed by atoms with Gasteiger partial charge in [-0.1, -0.05) is 6.07 Å². The smallest absolute Gasteiger partial charge is 0.306 e. The quantitative estimate of drug-likeness (QED) is 0.709. The second-order valence-electron chi connectivity index (χ2n) is 4.14. The van der Waals surface area contributed by atoms with Crippen LogP contribution in [-0.2, 0) is 16.0 Å². The van der Waals surface area contributed by atoms with Crippen molar-refractivity contribution in [2.24, 2.45) is 5.92 Å². The zero-order valence-electron chi connectivity index (χ0n) is 8.77. The molecule has 16 heavy (non-hydrogen) atoms. The summed E-state index contributed by atoms with van der Waals surface area (Å²) in [5, 5.41) is 0. The summed E-state index contributed by atoms with van der Waals surface area (Å²) in [6, 6.07) is 5.90. The van der Waals surface area contributed by atoms with Crippen molar-refractivity contribution < 1.29 is 19.0 Å². The standard InChI is InChI=1S/C12H12O4/c13-12-5-9(6-14-12)3-8-1-2-10-11(4-8)16-7-15-10/h1-2,4,9H,3,5-7H2. The molecule has 2 heterocycles. The molecule has 2 aliphatic rings. The van der Waals surface area contributed by atoms with E-state index in [4.69, 9.17) is 14.2 Å².